The van der Waals surface area contributed by atoms with Gasteiger partial charge in [-0.2, -0.15) is 0 Å². The fourth-order valence-corrected chi connectivity index (χ4v) is 4.84. The Balaban J connectivity index is 1.78. The number of carboxylic acid groups (broad SMARTS) is 1. The summed E-state index contributed by atoms with van der Waals surface area (Å²) in [6.45, 7) is 2.20. The summed E-state index contributed by atoms with van der Waals surface area (Å²) in [5, 5.41) is 19.4. The Morgan fingerprint density at radius 2 is 1.96 bits per heavy atom. The van der Waals surface area contributed by atoms with E-state index < -0.39 is 5.97 Å². The largest absolute Gasteiger partial charge is 0.481 e. The van der Waals surface area contributed by atoms with Crippen LogP contribution in [0.25, 0.3) is 0 Å². The lowest BCUT2D eigenvalue weighted by Gasteiger charge is -2.45. The van der Waals surface area contributed by atoms with Gasteiger partial charge in [0.05, 0.1) is 6.10 Å². The van der Waals surface area contributed by atoms with Gasteiger partial charge < -0.3 is 10.2 Å². The highest BCUT2D eigenvalue weighted by atomic mass is 16.4. The number of unbranched alkanes of at least 4 members (excludes halogenated alkanes) is 4. The van der Waals surface area contributed by atoms with E-state index in [-0.39, 0.29) is 29.8 Å². The van der Waals surface area contributed by atoms with Crippen LogP contribution in [-0.2, 0) is 9.59 Å². The molecule has 2 fully saturated rings. The Morgan fingerprint density at radius 1 is 1.22 bits per heavy atom. The Morgan fingerprint density at radius 3 is 2.59 bits per heavy atom. The summed E-state index contributed by atoms with van der Waals surface area (Å²) in [4.78, 5) is 22.8. The van der Waals surface area contributed by atoms with Crippen LogP contribution >= 0.6 is 0 Å². The Bertz CT molecular complexity index is 507. The number of aliphatic hydroxyl groups excluding tert-OH is 1. The molecule has 0 heterocycles. The molecule has 2 rings (SSSR count). The first-order valence-corrected chi connectivity index (χ1v) is 11.1. The van der Waals surface area contributed by atoms with E-state index in [9.17, 15) is 14.7 Å². The average molecular weight is 379 g/mol. The molecule has 27 heavy (non-hydrogen) atoms. The number of hydrogen-bond donors (Lipinski definition) is 2. The van der Waals surface area contributed by atoms with Crippen molar-refractivity contribution in [2.75, 3.05) is 0 Å². The van der Waals surface area contributed by atoms with E-state index in [1.807, 2.05) is 6.08 Å². The summed E-state index contributed by atoms with van der Waals surface area (Å²) < 4.78 is 0. The van der Waals surface area contributed by atoms with Gasteiger partial charge in [-0.3, -0.25) is 9.59 Å². The van der Waals surface area contributed by atoms with Crippen LogP contribution in [0.2, 0.25) is 0 Å². The van der Waals surface area contributed by atoms with Crippen molar-refractivity contribution in [3.63, 3.8) is 0 Å². The standard InChI is InChI=1S/C23H38O4/c1-2-3-15-23(16-8-17-23)21(25)14-12-18-11-13-20(24)19(18)9-6-4-5-7-10-22(26)27/h12,14,18-19,21,25H,2-11,13,15-17H2,1H3,(H,26,27)/b14-12+/t18?,19-,21+/m1/s1. The van der Waals surface area contributed by atoms with E-state index in [0.29, 0.717) is 12.2 Å². The maximum absolute atomic E-state index is 12.3. The Kier molecular flexibility index (Phi) is 9.01. The van der Waals surface area contributed by atoms with Crippen molar-refractivity contribution in [1.82, 2.24) is 0 Å². The molecule has 0 aromatic heterocycles. The zero-order valence-corrected chi connectivity index (χ0v) is 17.0. The first-order valence-electron chi connectivity index (χ1n) is 11.1. The van der Waals surface area contributed by atoms with Gasteiger partial charge in [-0.1, -0.05) is 57.6 Å². The molecular weight excluding hydrogens is 340 g/mol. The number of aliphatic hydroxyl groups is 1. The highest BCUT2D eigenvalue weighted by molar-refractivity contribution is 5.83. The van der Waals surface area contributed by atoms with Crippen LogP contribution in [-0.4, -0.2) is 28.1 Å². The molecule has 2 aliphatic carbocycles. The number of ketones is 1. The molecule has 0 aromatic carbocycles. The molecule has 2 aliphatic rings. The summed E-state index contributed by atoms with van der Waals surface area (Å²) >= 11 is 0. The molecule has 0 aromatic rings. The maximum atomic E-state index is 12.3. The molecule has 0 spiro atoms. The minimum absolute atomic E-state index is 0.0920. The number of allylic oxidation sites excluding steroid dienone is 1. The van der Waals surface area contributed by atoms with E-state index in [1.165, 1.54) is 19.3 Å². The van der Waals surface area contributed by atoms with E-state index in [0.717, 1.165) is 57.8 Å². The van der Waals surface area contributed by atoms with Crippen molar-refractivity contribution in [2.45, 2.75) is 103 Å². The van der Waals surface area contributed by atoms with Crippen molar-refractivity contribution in [2.24, 2.45) is 17.3 Å². The van der Waals surface area contributed by atoms with Gasteiger partial charge in [0, 0.05) is 18.8 Å². The zero-order valence-electron chi connectivity index (χ0n) is 17.0. The molecule has 2 N–H and O–H groups in total. The van der Waals surface area contributed by atoms with E-state index >= 15 is 0 Å². The van der Waals surface area contributed by atoms with E-state index in [1.54, 1.807) is 0 Å². The van der Waals surface area contributed by atoms with E-state index in [2.05, 4.69) is 13.0 Å². The molecule has 1 unspecified atom stereocenters. The topological polar surface area (TPSA) is 74.6 Å². The van der Waals surface area contributed by atoms with Crippen LogP contribution < -0.4 is 0 Å². The number of Topliss-reactive ketones (excluding diaryl/α,β-unsaturated/α-hetero) is 1. The molecule has 3 atom stereocenters. The molecule has 0 amide bonds. The van der Waals surface area contributed by atoms with Gasteiger partial charge >= 0.3 is 5.97 Å². The number of carboxylic acids is 1. The van der Waals surface area contributed by atoms with Crippen molar-refractivity contribution in [3.05, 3.63) is 12.2 Å². The predicted octanol–water partition coefficient (Wildman–Crippen LogP) is 5.28. The van der Waals surface area contributed by atoms with Crippen LogP contribution in [0, 0.1) is 17.3 Å². The summed E-state index contributed by atoms with van der Waals surface area (Å²) in [7, 11) is 0. The molecule has 0 saturated heterocycles. The minimum atomic E-state index is -0.729. The average Bonchev–Trinajstić information content (AvgIpc) is 2.95. The van der Waals surface area contributed by atoms with Gasteiger partial charge in [0.1, 0.15) is 5.78 Å². The molecule has 4 heteroatoms. The SMILES string of the molecule is CCCCC1([C@@H](O)/C=C/C2CCC(=O)[C@@H]2CCCCCCC(=O)O)CCC1. The lowest BCUT2D eigenvalue weighted by Crippen LogP contribution is -2.40. The number of carbonyl (C=O) groups is 2. The van der Waals surface area contributed by atoms with Gasteiger partial charge in [-0.15, -0.1) is 0 Å². The van der Waals surface area contributed by atoms with Gasteiger partial charge in [0.15, 0.2) is 0 Å². The molecule has 0 aliphatic heterocycles. The van der Waals surface area contributed by atoms with Crippen molar-refractivity contribution >= 4 is 11.8 Å². The van der Waals surface area contributed by atoms with Crippen molar-refractivity contribution < 1.29 is 19.8 Å². The fraction of sp³-hybridized carbons (Fsp3) is 0.826. The normalized spacial score (nSPS) is 25.6. The summed E-state index contributed by atoms with van der Waals surface area (Å²) in [5.74, 6) is 0.0114. The molecule has 4 nitrogen and oxygen atoms in total. The fourth-order valence-electron chi connectivity index (χ4n) is 4.84. The van der Waals surface area contributed by atoms with Crippen LogP contribution in [0.1, 0.15) is 96.8 Å². The number of carbonyl (C=O) groups excluding carboxylic acids is 1. The first-order chi connectivity index (χ1) is 13.0. The monoisotopic (exact) mass is 378 g/mol. The van der Waals surface area contributed by atoms with Crippen molar-refractivity contribution in [3.8, 4) is 0 Å². The van der Waals surface area contributed by atoms with Crippen LogP contribution in [0.3, 0.4) is 0 Å². The molecule has 2 saturated carbocycles. The molecule has 0 radical (unpaired) electrons. The maximum Gasteiger partial charge on any atom is 0.303 e. The minimum Gasteiger partial charge on any atom is -0.481 e. The quantitative estimate of drug-likeness (QED) is 0.337. The van der Waals surface area contributed by atoms with Crippen LogP contribution in [0.4, 0.5) is 0 Å². The summed E-state index contributed by atoms with van der Waals surface area (Å²) in [5.41, 5.74) is 0.0920. The lowest BCUT2D eigenvalue weighted by atomic mass is 9.62. The number of hydrogen-bond acceptors (Lipinski definition) is 3. The smallest absolute Gasteiger partial charge is 0.303 e. The first kappa shape index (κ1) is 22.1. The molecule has 154 valence electrons. The van der Waals surface area contributed by atoms with Gasteiger partial charge in [-0.25, -0.2) is 0 Å². The van der Waals surface area contributed by atoms with Gasteiger partial charge in [0.2, 0.25) is 0 Å². The third kappa shape index (κ3) is 6.44. The highest BCUT2D eigenvalue weighted by Gasteiger charge is 2.42. The van der Waals surface area contributed by atoms with Crippen molar-refractivity contribution in [1.29, 1.82) is 0 Å². The summed E-state index contributed by atoms with van der Waals surface area (Å²) in [6.07, 6.45) is 17.0. The third-order valence-corrected chi connectivity index (χ3v) is 6.86. The number of aliphatic carboxylic acids is 1. The molecule has 0 bridgehead atoms. The highest BCUT2D eigenvalue weighted by Crippen LogP contribution is 2.48. The zero-order chi connectivity index (χ0) is 19.7. The Hall–Kier alpha value is -1.16. The molecular formula is C23H38O4. The number of rotatable bonds is 13. The Labute approximate surface area is 164 Å². The lowest BCUT2D eigenvalue weighted by molar-refractivity contribution is -0.137. The second-order valence-electron chi connectivity index (χ2n) is 8.77. The van der Waals surface area contributed by atoms with Crippen LogP contribution in [0.15, 0.2) is 12.2 Å². The second kappa shape index (κ2) is 11.0. The van der Waals surface area contributed by atoms with Crippen LogP contribution in [0.5, 0.6) is 0 Å². The third-order valence-electron chi connectivity index (χ3n) is 6.86. The predicted molar refractivity (Wildman–Crippen MR) is 108 cm³/mol. The summed E-state index contributed by atoms with van der Waals surface area (Å²) in [6, 6.07) is 0. The van der Waals surface area contributed by atoms with Gasteiger partial charge in [0.25, 0.3) is 0 Å². The van der Waals surface area contributed by atoms with E-state index in [4.69, 9.17) is 5.11 Å². The second-order valence-corrected chi connectivity index (χ2v) is 8.77. The van der Waals surface area contributed by atoms with Gasteiger partial charge in [-0.05, 0) is 49.9 Å².